The van der Waals surface area contributed by atoms with E-state index in [1.165, 1.54) is 0 Å². The first-order valence-electron chi connectivity index (χ1n) is 13.0. The van der Waals surface area contributed by atoms with Crippen molar-refractivity contribution in [2.75, 3.05) is 29.0 Å². The Morgan fingerprint density at radius 2 is 1.97 bits per heavy atom. The molecule has 0 radical (unpaired) electrons. The van der Waals surface area contributed by atoms with Crippen molar-refractivity contribution in [2.45, 2.75) is 52.1 Å². The lowest BCUT2D eigenvalue weighted by molar-refractivity contribution is -0.117. The van der Waals surface area contributed by atoms with Gasteiger partial charge in [-0.05, 0) is 81.3 Å². The predicted molar refractivity (Wildman–Crippen MR) is 151 cm³/mol. The van der Waals surface area contributed by atoms with Gasteiger partial charge in [-0.3, -0.25) is 9.78 Å². The molecule has 2 aromatic heterocycles. The van der Waals surface area contributed by atoms with Crippen molar-refractivity contribution in [3.05, 3.63) is 59.0 Å². The zero-order valence-electron chi connectivity index (χ0n) is 22.3. The van der Waals surface area contributed by atoms with E-state index in [1.807, 2.05) is 51.2 Å². The highest BCUT2D eigenvalue weighted by molar-refractivity contribution is 6.32. The predicted octanol–water partition coefficient (Wildman–Crippen LogP) is 5.70. The molecule has 2 aliphatic heterocycles. The molecule has 0 aliphatic carbocycles. The Morgan fingerprint density at radius 3 is 2.79 bits per heavy atom. The second kappa shape index (κ2) is 11.1. The molecule has 0 unspecified atom stereocenters. The first-order chi connectivity index (χ1) is 18.6. The number of pyridine rings is 1. The maximum atomic E-state index is 13.1. The van der Waals surface area contributed by atoms with E-state index in [2.05, 4.69) is 30.9 Å². The minimum atomic E-state index is -0.545. The van der Waals surface area contributed by atoms with Gasteiger partial charge in [0.15, 0.2) is 5.82 Å². The van der Waals surface area contributed by atoms with Crippen LogP contribution in [0.4, 0.5) is 33.6 Å². The number of amides is 2. The van der Waals surface area contributed by atoms with Crippen LogP contribution in [0.1, 0.15) is 44.7 Å². The van der Waals surface area contributed by atoms with Crippen LogP contribution in [0.2, 0.25) is 5.02 Å². The number of hydrogen-bond donors (Lipinski definition) is 3. The highest BCUT2D eigenvalue weighted by Crippen LogP contribution is 2.30. The van der Waals surface area contributed by atoms with Gasteiger partial charge in [-0.15, -0.1) is 0 Å². The number of nitrogens with zero attached hydrogens (tertiary/aromatic N) is 4. The Morgan fingerprint density at radius 1 is 1.13 bits per heavy atom. The van der Waals surface area contributed by atoms with Crippen LogP contribution in [0.5, 0.6) is 0 Å². The summed E-state index contributed by atoms with van der Waals surface area (Å²) in [4.78, 5) is 40.3. The Kier molecular flexibility index (Phi) is 7.56. The number of likely N-dealkylation sites (tertiary alicyclic amines) is 1. The molecule has 4 heterocycles. The molecule has 6 bridgehead atoms. The average molecular weight is 550 g/mol. The molecule has 5 rings (SSSR count). The molecule has 1 saturated heterocycles. The van der Waals surface area contributed by atoms with Crippen LogP contribution in [-0.2, 0) is 22.4 Å². The maximum absolute atomic E-state index is 13.1. The summed E-state index contributed by atoms with van der Waals surface area (Å²) < 4.78 is 5.48. The fourth-order valence-corrected chi connectivity index (χ4v) is 4.85. The smallest absolute Gasteiger partial charge is 0.410 e. The molecule has 2 aliphatic rings. The van der Waals surface area contributed by atoms with Crippen LogP contribution >= 0.6 is 11.6 Å². The van der Waals surface area contributed by atoms with Crippen molar-refractivity contribution in [3.8, 4) is 0 Å². The largest absolute Gasteiger partial charge is 0.444 e. The molecule has 11 heteroatoms. The molecule has 1 fully saturated rings. The fraction of sp³-hybridized carbons (Fsp3) is 0.393. The van der Waals surface area contributed by atoms with Gasteiger partial charge in [0, 0.05) is 37.1 Å². The van der Waals surface area contributed by atoms with E-state index in [4.69, 9.17) is 16.3 Å². The van der Waals surface area contributed by atoms with Crippen molar-refractivity contribution in [1.29, 1.82) is 0 Å². The summed E-state index contributed by atoms with van der Waals surface area (Å²) in [6.07, 6.45) is 7.26. The number of carbonyl (C=O) groups is 2. The van der Waals surface area contributed by atoms with Crippen molar-refractivity contribution < 1.29 is 14.3 Å². The second-order valence-electron chi connectivity index (χ2n) is 10.9. The first kappa shape index (κ1) is 26.7. The highest BCUT2D eigenvalue weighted by Gasteiger charge is 2.31. The molecule has 1 aromatic carbocycles. The van der Waals surface area contributed by atoms with E-state index in [1.54, 1.807) is 17.3 Å². The number of fused-ring (bicyclic) bond motifs is 6. The summed E-state index contributed by atoms with van der Waals surface area (Å²) in [5.74, 6) is 0.874. The monoisotopic (exact) mass is 549 g/mol. The van der Waals surface area contributed by atoms with Crippen molar-refractivity contribution >= 4 is 52.4 Å². The summed E-state index contributed by atoms with van der Waals surface area (Å²) in [7, 11) is 0. The third-order valence-corrected chi connectivity index (χ3v) is 6.81. The van der Waals surface area contributed by atoms with Gasteiger partial charge in [-0.1, -0.05) is 11.6 Å². The van der Waals surface area contributed by atoms with Gasteiger partial charge in [-0.2, -0.15) is 4.98 Å². The Bertz CT molecular complexity index is 1390. The molecule has 3 N–H and O–H groups in total. The number of aryl methyl sites for hydroxylation is 2. The molecule has 3 aromatic rings. The van der Waals surface area contributed by atoms with Gasteiger partial charge in [-0.25, -0.2) is 9.78 Å². The Balaban J connectivity index is 1.31. The van der Waals surface area contributed by atoms with Crippen LogP contribution in [0.3, 0.4) is 0 Å². The number of rotatable bonds is 3. The Labute approximate surface area is 232 Å². The van der Waals surface area contributed by atoms with Gasteiger partial charge in [0.1, 0.15) is 10.6 Å². The summed E-state index contributed by atoms with van der Waals surface area (Å²) in [6.45, 7) is 6.65. The average Bonchev–Trinajstić information content (AvgIpc) is 3.33. The van der Waals surface area contributed by atoms with Gasteiger partial charge >= 0.3 is 6.09 Å². The van der Waals surface area contributed by atoms with Gasteiger partial charge < -0.3 is 25.6 Å². The van der Waals surface area contributed by atoms with Crippen LogP contribution in [0, 0.1) is 5.92 Å². The van der Waals surface area contributed by atoms with E-state index in [-0.39, 0.29) is 17.9 Å². The molecule has 0 saturated carbocycles. The van der Waals surface area contributed by atoms with Crippen molar-refractivity contribution in [3.63, 3.8) is 0 Å². The summed E-state index contributed by atoms with van der Waals surface area (Å²) in [5, 5.41) is 9.93. The number of anilines is 5. The molecule has 204 valence electrons. The summed E-state index contributed by atoms with van der Waals surface area (Å²) >= 11 is 6.36. The minimum absolute atomic E-state index is 0.0812. The second-order valence-corrected chi connectivity index (χ2v) is 11.3. The molecule has 1 atom stereocenters. The zero-order valence-corrected chi connectivity index (χ0v) is 23.0. The highest BCUT2D eigenvalue weighted by atomic mass is 35.5. The normalized spacial score (nSPS) is 16.6. The van der Waals surface area contributed by atoms with Crippen LogP contribution < -0.4 is 16.0 Å². The molecule has 39 heavy (non-hydrogen) atoms. The van der Waals surface area contributed by atoms with Gasteiger partial charge in [0.05, 0.1) is 18.1 Å². The molecule has 10 nitrogen and oxygen atoms in total. The maximum Gasteiger partial charge on any atom is 0.410 e. The lowest BCUT2D eigenvalue weighted by Gasteiger charge is -2.24. The Hall–Kier alpha value is -3.92. The molecule has 2 amide bonds. The number of benzene rings is 1. The topological polar surface area (TPSA) is 121 Å². The summed E-state index contributed by atoms with van der Waals surface area (Å²) in [6, 6.07) is 7.77. The molecular weight excluding hydrogens is 518 g/mol. The number of nitrogens with one attached hydrogen (secondary N) is 3. The van der Waals surface area contributed by atoms with E-state index >= 15 is 0 Å². The number of carbonyl (C=O) groups excluding carboxylic acids is 2. The van der Waals surface area contributed by atoms with Gasteiger partial charge in [0.2, 0.25) is 11.9 Å². The van der Waals surface area contributed by atoms with E-state index in [0.29, 0.717) is 42.7 Å². The van der Waals surface area contributed by atoms with Crippen molar-refractivity contribution in [1.82, 2.24) is 19.9 Å². The van der Waals surface area contributed by atoms with Gasteiger partial charge in [0.25, 0.3) is 0 Å². The number of halogens is 1. The molecule has 0 spiro atoms. The number of ether oxygens (including phenoxy) is 1. The van der Waals surface area contributed by atoms with E-state index in [9.17, 15) is 9.59 Å². The SMILES string of the molecule is CC(C)(C)OC(=O)N1CC[C@H](CC(=O)Nc2ccc3cc2CCc2cncc(c2)Nc2ncc(Cl)c(n2)N3)C1. The molecular formula is C28H32ClN7O3. The third-order valence-electron chi connectivity index (χ3n) is 6.53. The standard InChI is InChI=1S/C28H32ClN7O3/c1-28(2,3)39-27(38)36-9-8-18(16-36)11-24(37)34-23-7-6-20-12-19(23)5-4-17-10-21(14-30-13-17)33-26-31-15-22(29)25(32-20)35-26/h6-7,10,12-15,18H,4-5,8-9,11,16H2,1-3H3,(H,34,37)(H2,31,32,33,35)/t18-/m1/s1. The zero-order chi connectivity index (χ0) is 27.6. The van der Waals surface area contributed by atoms with Crippen molar-refractivity contribution in [2.24, 2.45) is 5.92 Å². The van der Waals surface area contributed by atoms with E-state index in [0.717, 1.165) is 41.0 Å². The van der Waals surface area contributed by atoms with E-state index < -0.39 is 5.60 Å². The quantitative estimate of drug-likeness (QED) is 0.380. The third kappa shape index (κ3) is 6.94. The lowest BCUT2D eigenvalue weighted by atomic mass is 10.0. The van der Waals surface area contributed by atoms with Crippen LogP contribution in [0.25, 0.3) is 0 Å². The summed E-state index contributed by atoms with van der Waals surface area (Å²) in [5.41, 5.74) is 3.78. The number of hydrogen-bond acceptors (Lipinski definition) is 8. The van der Waals surface area contributed by atoms with Crippen LogP contribution in [0.15, 0.2) is 42.9 Å². The fourth-order valence-electron chi connectivity index (χ4n) is 4.71. The van der Waals surface area contributed by atoms with Crippen LogP contribution in [-0.4, -0.2) is 50.5 Å². The minimum Gasteiger partial charge on any atom is -0.444 e. The first-order valence-corrected chi connectivity index (χ1v) is 13.4. The number of aromatic nitrogens is 3. The lowest BCUT2D eigenvalue weighted by Crippen LogP contribution is -2.35.